The van der Waals surface area contributed by atoms with Crippen LogP contribution < -0.4 is 0 Å². The van der Waals surface area contributed by atoms with E-state index in [1.165, 1.54) is 0 Å². The van der Waals surface area contributed by atoms with Crippen LogP contribution in [0.25, 0.3) is 0 Å². The SMILES string of the molecule is O[C@H]1C#C/C=C\C#C[C@]2(O)CC3(C=C1/C2=C\CS)OCCO3. The predicted molar refractivity (Wildman–Crippen MR) is 84.9 cm³/mol. The molecule has 0 aromatic rings. The van der Waals surface area contributed by atoms with Crippen molar-refractivity contribution >= 4 is 12.6 Å². The van der Waals surface area contributed by atoms with E-state index >= 15 is 0 Å². The lowest BCUT2D eigenvalue weighted by Gasteiger charge is -2.40. The molecular weight excluding hydrogens is 300 g/mol. The lowest BCUT2D eigenvalue weighted by Crippen LogP contribution is -2.47. The number of aliphatic hydroxyl groups excluding tert-OH is 1. The van der Waals surface area contributed by atoms with Gasteiger partial charge in [-0.1, -0.05) is 29.8 Å². The normalized spacial score (nSPS) is 35.1. The number of allylic oxidation sites excluding steroid dienone is 2. The van der Waals surface area contributed by atoms with E-state index in [-0.39, 0.29) is 6.42 Å². The lowest BCUT2D eigenvalue weighted by molar-refractivity contribution is -0.149. The number of fused-ring (bicyclic) bond motifs is 2. The second-order valence-corrected chi connectivity index (χ2v) is 5.60. The van der Waals surface area contributed by atoms with Crippen molar-refractivity contribution < 1.29 is 19.7 Å². The van der Waals surface area contributed by atoms with E-state index in [1.807, 2.05) is 0 Å². The zero-order valence-corrected chi connectivity index (χ0v) is 12.8. The van der Waals surface area contributed by atoms with Gasteiger partial charge in [-0.05, 0) is 23.8 Å². The maximum atomic E-state index is 11.1. The van der Waals surface area contributed by atoms with Crippen molar-refractivity contribution in [2.75, 3.05) is 19.0 Å². The second kappa shape index (κ2) is 5.96. The minimum absolute atomic E-state index is 0.143. The van der Waals surface area contributed by atoms with Crippen LogP contribution in [0.15, 0.2) is 35.5 Å². The number of rotatable bonds is 1. The molecule has 0 aromatic carbocycles. The van der Waals surface area contributed by atoms with Crippen molar-refractivity contribution in [1.82, 2.24) is 0 Å². The summed E-state index contributed by atoms with van der Waals surface area (Å²) in [4.78, 5) is 0. The van der Waals surface area contributed by atoms with Crippen LogP contribution in [0.3, 0.4) is 0 Å². The summed E-state index contributed by atoms with van der Waals surface area (Å²) in [5.41, 5.74) is -0.514. The van der Waals surface area contributed by atoms with Gasteiger partial charge < -0.3 is 19.7 Å². The van der Waals surface area contributed by atoms with Crippen LogP contribution in [0, 0.1) is 23.7 Å². The van der Waals surface area contributed by atoms with Crippen molar-refractivity contribution in [2.24, 2.45) is 0 Å². The third-order valence-corrected chi connectivity index (χ3v) is 3.93. The third kappa shape index (κ3) is 2.75. The smallest absolute Gasteiger partial charge is 0.192 e. The van der Waals surface area contributed by atoms with Gasteiger partial charge >= 0.3 is 0 Å². The number of hydrogen-bond acceptors (Lipinski definition) is 5. The van der Waals surface area contributed by atoms with E-state index in [4.69, 9.17) is 9.47 Å². The second-order valence-electron chi connectivity index (χ2n) is 5.24. The molecule has 2 aliphatic carbocycles. The fraction of sp³-hybridized carbons (Fsp3) is 0.412. The lowest BCUT2D eigenvalue weighted by atomic mass is 9.75. The monoisotopic (exact) mass is 316 g/mol. The summed E-state index contributed by atoms with van der Waals surface area (Å²) in [5, 5.41) is 21.5. The van der Waals surface area contributed by atoms with Crippen molar-refractivity contribution in [3.8, 4) is 23.7 Å². The average Bonchev–Trinajstić information content (AvgIpc) is 2.92. The fourth-order valence-corrected chi connectivity index (χ4v) is 3.06. The molecule has 0 aromatic heterocycles. The van der Waals surface area contributed by atoms with Gasteiger partial charge in [0, 0.05) is 11.3 Å². The minimum atomic E-state index is -1.48. The van der Waals surface area contributed by atoms with E-state index in [2.05, 4.69) is 36.3 Å². The molecule has 0 saturated carbocycles. The van der Waals surface area contributed by atoms with E-state index < -0.39 is 17.5 Å². The van der Waals surface area contributed by atoms with E-state index in [0.717, 1.165) is 0 Å². The quantitative estimate of drug-likeness (QED) is 0.489. The van der Waals surface area contributed by atoms with Crippen LogP contribution in [-0.4, -0.2) is 46.7 Å². The van der Waals surface area contributed by atoms with Crippen molar-refractivity contribution in [2.45, 2.75) is 23.9 Å². The van der Waals surface area contributed by atoms with E-state index in [0.29, 0.717) is 30.1 Å². The van der Waals surface area contributed by atoms with Gasteiger partial charge in [-0.3, -0.25) is 0 Å². The largest absolute Gasteiger partial charge is 0.376 e. The van der Waals surface area contributed by atoms with Crippen LogP contribution in [0.2, 0.25) is 0 Å². The van der Waals surface area contributed by atoms with Gasteiger partial charge in [0.1, 0.15) is 6.10 Å². The summed E-state index contributed by atoms with van der Waals surface area (Å²) in [7, 11) is 0. The van der Waals surface area contributed by atoms with Crippen LogP contribution >= 0.6 is 12.6 Å². The first kappa shape index (κ1) is 15.4. The molecule has 2 atom stereocenters. The van der Waals surface area contributed by atoms with Crippen LogP contribution in [0.4, 0.5) is 0 Å². The Morgan fingerprint density at radius 1 is 1.32 bits per heavy atom. The Morgan fingerprint density at radius 3 is 2.77 bits per heavy atom. The minimum Gasteiger partial charge on any atom is -0.376 e. The summed E-state index contributed by atoms with van der Waals surface area (Å²) in [6.07, 6.45) is 5.61. The molecule has 114 valence electrons. The van der Waals surface area contributed by atoms with Crippen LogP contribution in [0.5, 0.6) is 0 Å². The first-order valence-corrected chi connectivity index (χ1v) is 7.64. The average molecular weight is 316 g/mol. The van der Waals surface area contributed by atoms with Crippen LogP contribution in [-0.2, 0) is 9.47 Å². The Bertz CT molecular complexity index is 677. The van der Waals surface area contributed by atoms with Gasteiger partial charge in [-0.2, -0.15) is 12.6 Å². The van der Waals surface area contributed by atoms with Crippen molar-refractivity contribution in [1.29, 1.82) is 0 Å². The van der Waals surface area contributed by atoms with Crippen molar-refractivity contribution in [3.63, 3.8) is 0 Å². The summed E-state index contributed by atoms with van der Waals surface area (Å²) in [5.74, 6) is 10.4. The molecule has 1 saturated heterocycles. The number of thiol groups is 1. The Balaban J connectivity index is 2.21. The topological polar surface area (TPSA) is 58.9 Å². The Hall–Kier alpha value is -1.47. The van der Waals surface area contributed by atoms with Gasteiger partial charge in [0.25, 0.3) is 0 Å². The highest BCUT2D eigenvalue weighted by molar-refractivity contribution is 7.80. The highest BCUT2D eigenvalue weighted by atomic mass is 32.1. The molecule has 22 heavy (non-hydrogen) atoms. The maximum Gasteiger partial charge on any atom is 0.192 e. The number of ether oxygens (including phenoxy) is 2. The maximum absolute atomic E-state index is 11.1. The molecular formula is C17H16O4S. The first-order chi connectivity index (χ1) is 10.6. The zero-order valence-electron chi connectivity index (χ0n) is 11.9. The molecule has 1 spiro atoms. The number of hydrogen-bond donors (Lipinski definition) is 3. The third-order valence-electron chi connectivity index (χ3n) is 3.75. The standard InChI is InChI=1S/C17H16O4S/c18-15-5-3-1-2-4-7-16(19)12-17(20-8-9-21-17)11-13(15)14(16)6-10-22/h1-2,6,11,15,18-19,22H,8-10,12H2/b2-1-,14-6+/t15-,16-/m0/s1. The molecule has 3 rings (SSSR count). The molecule has 1 aliphatic heterocycles. The Morgan fingerprint density at radius 2 is 2.05 bits per heavy atom. The molecule has 1 fully saturated rings. The fourth-order valence-electron chi connectivity index (χ4n) is 2.88. The Labute approximate surface area is 134 Å². The Kier molecular flexibility index (Phi) is 4.18. The molecule has 2 N–H and O–H groups in total. The first-order valence-electron chi connectivity index (χ1n) is 7.00. The molecule has 2 bridgehead atoms. The van der Waals surface area contributed by atoms with Gasteiger partial charge in [-0.25, -0.2) is 0 Å². The molecule has 5 heteroatoms. The van der Waals surface area contributed by atoms with E-state index in [1.54, 1.807) is 24.3 Å². The molecule has 0 unspecified atom stereocenters. The molecule has 0 amide bonds. The van der Waals surface area contributed by atoms with Gasteiger partial charge in [0.15, 0.2) is 11.4 Å². The zero-order chi connectivity index (χ0) is 15.6. The summed E-state index contributed by atoms with van der Waals surface area (Å²) >= 11 is 4.20. The highest BCUT2D eigenvalue weighted by Gasteiger charge is 2.50. The molecule has 4 nitrogen and oxygen atoms in total. The number of aliphatic hydroxyl groups is 2. The van der Waals surface area contributed by atoms with Gasteiger partial charge in [0.05, 0.1) is 19.6 Å². The van der Waals surface area contributed by atoms with E-state index in [9.17, 15) is 10.2 Å². The molecule has 1 heterocycles. The summed E-state index contributed by atoms with van der Waals surface area (Å²) in [6.45, 7) is 0.862. The summed E-state index contributed by atoms with van der Waals surface area (Å²) < 4.78 is 11.4. The van der Waals surface area contributed by atoms with Crippen molar-refractivity contribution in [3.05, 3.63) is 35.5 Å². The van der Waals surface area contributed by atoms with Gasteiger partial charge in [0.2, 0.25) is 0 Å². The van der Waals surface area contributed by atoms with Crippen LogP contribution in [0.1, 0.15) is 6.42 Å². The predicted octanol–water partition coefficient (Wildman–Crippen LogP) is 0.584. The highest BCUT2D eigenvalue weighted by Crippen LogP contribution is 2.43. The van der Waals surface area contributed by atoms with Gasteiger partial charge in [-0.15, -0.1) is 0 Å². The molecule has 3 aliphatic rings. The molecule has 0 radical (unpaired) electrons. The summed E-state index contributed by atoms with van der Waals surface area (Å²) in [6, 6.07) is 0.